The van der Waals surface area contributed by atoms with Crippen molar-refractivity contribution < 1.29 is 9.53 Å². The highest BCUT2D eigenvalue weighted by molar-refractivity contribution is 7.99. The zero-order valence-corrected chi connectivity index (χ0v) is 13.2. The van der Waals surface area contributed by atoms with Gasteiger partial charge in [0.1, 0.15) is 5.75 Å². The van der Waals surface area contributed by atoms with E-state index in [1.165, 1.54) is 0 Å². The summed E-state index contributed by atoms with van der Waals surface area (Å²) in [6.45, 7) is 9.07. The van der Waals surface area contributed by atoms with Crippen molar-refractivity contribution in [1.29, 1.82) is 0 Å². The van der Waals surface area contributed by atoms with Gasteiger partial charge in [-0.15, -0.1) is 0 Å². The maximum atomic E-state index is 12.0. The van der Waals surface area contributed by atoms with Crippen LogP contribution in [0.25, 0.3) is 0 Å². The molecule has 0 fully saturated rings. The predicted molar refractivity (Wildman–Crippen MR) is 83.5 cm³/mol. The molecule has 19 heavy (non-hydrogen) atoms. The van der Waals surface area contributed by atoms with Crippen molar-refractivity contribution in [2.45, 2.75) is 34.1 Å². The first-order chi connectivity index (χ1) is 9.04. The van der Waals surface area contributed by atoms with Gasteiger partial charge in [0.05, 0.1) is 12.4 Å². The predicted octanol–water partition coefficient (Wildman–Crippen LogP) is 4.36. The van der Waals surface area contributed by atoms with Crippen LogP contribution in [0.4, 0.5) is 0 Å². The van der Waals surface area contributed by atoms with Crippen molar-refractivity contribution in [3.05, 3.63) is 29.3 Å². The highest BCUT2D eigenvalue weighted by Crippen LogP contribution is 2.21. The van der Waals surface area contributed by atoms with Crippen LogP contribution >= 0.6 is 11.8 Å². The smallest absolute Gasteiger partial charge is 0.172 e. The minimum Gasteiger partial charge on any atom is -0.493 e. The van der Waals surface area contributed by atoms with Crippen LogP contribution in [-0.2, 0) is 0 Å². The molecule has 106 valence electrons. The highest BCUT2D eigenvalue weighted by Gasteiger charge is 2.09. The summed E-state index contributed by atoms with van der Waals surface area (Å²) in [4.78, 5) is 12.0. The van der Waals surface area contributed by atoms with E-state index in [-0.39, 0.29) is 5.78 Å². The van der Waals surface area contributed by atoms with Crippen molar-refractivity contribution >= 4 is 17.5 Å². The van der Waals surface area contributed by atoms with E-state index in [0.717, 1.165) is 29.1 Å². The fourth-order valence-corrected chi connectivity index (χ4v) is 2.42. The molecule has 0 saturated carbocycles. The molecule has 0 bridgehead atoms. The number of thioether (sulfide) groups is 1. The molecule has 0 aliphatic heterocycles. The van der Waals surface area contributed by atoms with Gasteiger partial charge in [-0.25, -0.2) is 0 Å². The number of aryl methyl sites for hydroxylation is 1. The number of carbonyl (C=O) groups is 1. The largest absolute Gasteiger partial charge is 0.493 e. The molecule has 0 heterocycles. The molecule has 0 aliphatic rings. The van der Waals surface area contributed by atoms with Crippen LogP contribution in [0.5, 0.6) is 5.75 Å². The Morgan fingerprint density at radius 1 is 1.37 bits per heavy atom. The lowest BCUT2D eigenvalue weighted by atomic mass is 10.1. The number of Topliss-reactive ketones (excluding diaryl/α,β-unsaturated/α-hetero) is 1. The molecule has 0 saturated heterocycles. The molecule has 0 radical (unpaired) electrons. The fraction of sp³-hybridized carbons (Fsp3) is 0.562. The molecule has 2 nitrogen and oxygen atoms in total. The van der Waals surface area contributed by atoms with Gasteiger partial charge in [-0.05, 0) is 48.8 Å². The molecule has 1 aromatic rings. The van der Waals surface area contributed by atoms with Crippen LogP contribution in [0.3, 0.4) is 0 Å². The van der Waals surface area contributed by atoms with Gasteiger partial charge < -0.3 is 4.74 Å². The van der Waals surface area contributed by atoms with Gasteiger partial charge in [0.15, 0.2) is 5.78 Å². The minimum absolute atomic E-state index is 0.206. The van der Waals surface area contributed by atoms with Gasteiger partial charge in [-0.3, -0.25) is 4.79 Å². The van der Waals surface area contributed by atoms with E-state index in [9.17, 15) is 4.79 Å². The summed E-state index contributed by atoms with van der Waals surface area (Å²) in [5.74, 6) is 3.20. The summed E-state index contributed by atoms with van der Waals surface area (Å²) in [7, 11) is 0. The maximum Gasteiger partial charge on any atom is 0.172 e. The summed E-state index contributed by atoms with van der Waals surface area (Å²) < 4.78 is 5.71. The van der Waals surface area contributed by atoms with E-state index in [0.29, 0.717) is 18.3 Å². The van der Waals surface area contributed by atoms with Gasteiger partial charge in [0, 0.05) is 5.56 Å². The Hall–Kier alpha value is -0.960. The Morgan fingerprint density at radius 2 is 2.11 bits per heavy atom. The van der Waals surface area contributed by atoms with Crippen molar-refractivity contribution in [2.75, 3.05) is 18.1 Å². The van der Waals surface area contributed by atoms with E-state index >= 15 is 0 Å². The molecule has 0 N–H and O–H groups in total. The lowest BCUT2D eigenvalue weighted by Gasteiger charge is -2.12. The number of ether oxygens (including phenoxy) is 1. The summed E-state index contributed by atoms with van der Waals surface area (Å²) in [5.41, 5.74) is 1.82. The van der Waals surface area contributed by atoms with E-state index in [2.05, 4.69) is 20.8 Å². The number of rotatable bonds is 8. The average Bonchev–Trinajstić information content (AvgIpc) is 2.37. The zero-order chi connectivity index (χ0) is 14.3. The molecule has 1 rings (SSSR count). The first-order valence-electron chi connectivity index (χ1n) is 6.89. The monoisotopic (exact) mass is 280 g/mol. The first kappa shape index (κ1) is 16.1. The minimum atomic E-state index is 0.206. The molecular formula is C16H24O2S. The van der Waals surface area contributed by atoms with Crippen LogP contribution in [0.1, 0.15) is 43.1 Å². The van der Waals surface area contributed by atoms with Gasteiger partial charge in [0.25, 0.3) is 0 Å². The molecule has 0 atom stereocenters. The molecular weight excluding hydrogens is 256 g/mol. The Bertz CT molecular complexity index is 413. The second-order valence-electron chi connectivity index (χ2n) is 5.16. The third-order valence-corrected chi connectivity index (χ3v) is 3.81. The second-order valence-corrected chi connectivity index (χ2v) is 6.27. The molecule has 0 amide bonds. The Labute approximate surface area is 120 Å². The van der Waals surface area contributed by atoms with E-state index in [4.69, 9.17) is 4.74 Å². The number of ketones is 1. The lowest BCUT2D eigenvalue weighted by molar-refractivity contribution is 0.102. The third kappa shape index (κ3) is 5.68. The highest BCUT2D eigenvalue weighted by atomic mass is 32.2. The normalized spacial score (nSPS) is 10.8. The first-order valence-corrected chi connectivity index (χ1v) is 8.04. The average molecular weight is 280 g/mol. The third-order valence-electron chi connectivity index (χ3n) is 2.65. The Morgan fingerprint density at radius 3 is 2.68 bits per heavy atom. The molecule has 1 aromatic carbocycles. The Kier molecular flexibility index (Phi) is 7.00. The van der Waals surface area contributed by atoms with Crippen LogP contribution < -0.4 is 4.74 Å². The van der Waals surface area contributed by atoms with Crippen molar-refractivity contribution in [2.24, 2.45) is 5.92 Å². The molecule has 0 aliphatic carbocycles. The lowest BCUT2D eigenvalue weighted by Crippen LogP contribution is -2.07. The quantitative estimate of drug-likeness (QED) is 0.523. The van der Waals surface area contributed by atoms with Crippen molar-refractivity contribution in [3.8, 4) is 5.75 Å². The van der Waals surface area contributed by atoms with E-state index in [1.54, 1.807) is 11.8 Å². The summed E-state index contributed by atoms with van der Waals surface area (Å²) >= 11 is 1.70. The van der Waals surface area contributed by atoms with E-state index < -0.39 is 0 Å². The number of benzene rings is 1. The summed E-state index contributed by atoms with van der Waals surface area (Å²) in [6.07, 6.45) is 1.11. The fourth-order valence-electron chi connectivity index (χ4n) is 1.63. The van der Waals surface area contributed by atoms with Gasteiger partial charge in [-0.2, -0.15) is 11.8 Å². The maximum absolute atomic E-state index is 12.0. The zero-order valence-electron chi connectivity index (χ0n) is 12.4. The summed E-state index contributed by atoms with van der Waals surface area (Å²) in [5, 5.41) is 0. The van der Waals surface area contributed by atoms with Gasteiger partial charge in [-0.1, -0.05) is 20.8 Å². The van der Waals surface area contributed by atoms with Crippen LogP contribution in [-0.4, -0.2) is 23.9 Å². The van der Waals surface area contributed by atoms with Crippen molar-refractivity contribution in [1.82, 2.24) is 0 Å². The topological polar surface area (TPSA) is 26.3 Å². The SMILES string of the molecule is CCCSCC(=O)c1ccc(OCC(C)C)c(C)c1. The molecule has 0 aromatic heterocycles. The number of carbonyl (C=O) groups excluding carboxylic acids is 1. The van der Waals surface area contributed by atoms with Crippen LogP contribution in [0.2, 0.25) is 0 Å². The van der Waals surface area contributed by atoms with Gasteiger partial charge in [0.2, 0.25) is 0 Å². The van der Waals surface area contributed by atoms with E-state index in [1.807, 2.05) is 25.1 Å². The summed E-state index contributed by atoms with van der Waals surface area (Å²) in [6, 6.07) is 5.72. The molecule has 3 heteroatoms. The Balaban J connectivity index is 2.62. The molecule has 0 unspecified atom stereocenters. The van der Waals surface area contributed by atoms with Gasteiger partial charge >= 0.3 is 0 Å². The number of hydrogen-bond donors (Lipinski definition) is 0. The second kappa shape index (κ2) is 8.26. The molecule has 0 spiro atoms. The van der Waals surface area contributed by atoms with Crippen molar-refractivity contribution in [3.63, 3.8) is 0 Å². The number of hydrogen-bond acceptors (Lipinski definition) is 3. The van der Waals surface area contributed by atoms with Crippen LogP contribution in [0.15, 0.2) is 18.2 Å². The standard InChI is InChI=1S/C16H24O2S/c1-5-8-19-11-15(17)14-6-7-16(13(4)9-14)18-10-12(2)3/h6-7,9,12H,5,8,10-11H2,1-4H3. The van der Waals surface area contributed by atoms with Crippen LogP contribution in [0, 0.1) is 12.8 Å².